The van der Waals surface area contributed by atoms with Gasteiger partial charge in [-0.25, -0.2) is 9.69 Å². The van der Waals surface area contributed by atoms with Gasteiger partial charge in [-0.05, 0) is 30.7 Å². The van der Waals surface area contributed by atoms with Gasteiger partial charge in [-0.2, -0.15) is 0 Å². The summed E-state index contributed by atoms with van der Waals surface area (Å²) in [4.78, 5) is 38.4. The maximum Gasteiger partial charge on any atom is 0.338 e. The quantitative estimate of drug-likeness (QED) is 0.600. The first-order chi connectivity index (χ1) is 10.0. The highest BCUT2D eigenvalue weighted by atomic mass is 79.9. The van der Waals surface area contributed by atoms with E-state index in [0.29, 0.717) is 18.7 Å². The van der Waals surface area contributed by atoms with Crippen LogP contribution >= 0.6 is 15.9 Å². The van der Waals surface area contributed by atoms with Gasteiger partial charge in [0.2, 0.25) is 11.8 Å². The maximum atomic E-state index is 12.4. The first-order valence-corrected chi connectivity index (χ1v) is 7.25. The molecule has 4 amide bonds. The fourth-order valence-electron chi connectivity index (χ4n) is 2.07. The fourth-order valence-corrected chi connectivity index (χ4v) is 2.33. The molecule has 0 saturated carbocycles. The number of carbonyl (C=O) groups is 3. The second kappa shape index (κ2) is 6.82. The Bertz CT molecular complexity index is 559. The molecule has 1 aromatic rings. The van der Waals surface area contributed by atoms with Gasteiger partial charge in [-0.3, -0.25) is 14.5 Å². The third-order valence-electron chi connectivity index (χ3n) is 3.09. The van der Waals surface area contributed by atoms with Crippen molar-refractivity contribution in [1.29, 1.82) is 0 Å². The highest BCUT2D eigenvalue weighted by Crippen LogP contribution is 2.23. The SMILES string of the molecule is COCCCN1C(=O)CC(=O)N(c2ccc(Br)cc2)C1=O. The predicted octanol–water partition coefficient (Wildman–Crippen LogP) is 2.17. The van der Waals surface area contributed by atoms with Crippen LogP contribution in [0.5, 0.6) is 0 Å². The van der Waals surface area contributed by atoms with Crippen LogP contribution in [0.4, 0.5) is 10.5 Å². The van der Waals surface area contributed by atoms with E-state index >= 15 is 0 Å². The first kappa shape index (κ1) is 15.7. The summed E-state index contributed by atoms with van der Waals surface area (Å²) in [6.07, 6.45) is 0.241. The molecule has 7 heteroatoms. The highest BCUT2D eigenvalue weighted by Gasteiger charge is 2.38. The van der Waals surface area contributed by atoms with E-state index in [-0.39, 0.29) is 13.0 Å². The Hall–Kier alpha value is -1.73. The van der Waals surface area contributed by atoms with E-state index in [1.807, 2.05) is 0 Å². The largest absolute Gasteiger partial charge is 0.385 e. The zero-order valence-corrected chi connectivity index (χ0v) is 13.1. The van der Waals surface area contributed by atoms with Gasteiger partial charge in [0.05, 0.1) is 5.69 Å². The summed E-state index contributed by atoms with van der Waals surface area (Å²) in [7, 11) is 1.55. The van der Waals surface area contributed by atoms with Gasteiger partial charge in [0.1, 0.15) is 6.42 Å². The number of hydrogen-bond acceptors (Lipinski definition) is 4. The molecule has 0 aromatic heterocycles. The van der Waals surface area contributed by atoms with Gasteiger partial charge >= 0.3 is 6.03 Å². The van der Waals surface area contributed by atoms with Gasteiger partial charge in [-0.1, -0.05) is 15.9 Å². The number of barbiturate groups is 1. The standard InChI is InChI=1S/C14H15BrN2O4/c1-21-8-2-7-16-12(18)9-13(19)17(14(16)20)11-5-3-10(15)4-6-11/h3-6H,2,7-9H2,1H3. The Morgan fingerprint density at radius 1 is 1.14 bits per heavy atom. The van der Waals surface area contributed by atoms with Crippen molar-refractivity contribution in [3.63, 3.8) is 0 Å². The lowest BCUT2D eigenvalue weighted by atomic mass is 10.2. The summed E-state index contributed by atoms with van der Waals surface area (Å²) in [5.41, 5.74) is 0.456. The number of nitrogens with zero attached hydrogens (tertiary/aromatic N) is 2. The van der Waals surface area contributed by atoms with Crippen molar-refractivity contribution < 1.29 is 19.1 Å². The minimum absolute atomic E-state index is 0.242. The molecule has 1 saturated heterocycles. The highest BCUT2D eigenvalue weighted by molar-refractivity contribution is 9.10. The average molecular weight is 355 g/mol. The number of amides is 4. The number of benzene rings is 1. The van der Waals surface area contributed by atoms with E-state index in [1.165, 1.54) is 0 Å². The van der Waals surface area contributed by atoms with Crippen molar-refractivity contribution in [1.82, 2.24) is 4.90 Å². The number of rotatable bonds is 5. The molecule has 0 bridgehead atoms. The smallest absolute Gasteiger partial charge is 0.338 e. The van der Waals surface area contributed by atoms with Crippen molar-refractivity contribution in [3.05, 3.63) is 28.7 Å². The molecular weight excluding hydrogens is 340 g/mol. The monoisotopic (exact) mass is 354 g/mol. The van der Waals surface area contributed by atoms with Gasteiger partial charge in [0.25, 0.3) is 0 Å². The molecule has 21 heavy (non-hydrogen) atoms. The van der Waals surface area contributed by atoms with Crippen LogP contribution in [0.25, 0.3) is 0 Å². The topological polar surface area (TPSA) is 66.9 Å². The molecule has 0 spiro atoms. The van der Waals surface area contributed by atoms with E-state index in [2.05, 4.69) is 15.9 Å². The van der Waals surface area contributed by atoms with E-state index in [0.717, 1.165) is 14.3 Å². The number of anilines is 1. The summed E-state index contributed by atoms with van der Waals surface area (Å²) in [5, 5.41) is 0. The van der Waals surface area contributed by atoms with Gasteiger partial charge in [0.15, 0.2) is 0 Å². The zero-order valence-electron chi connectivity index (χ0n) is 11.5. The molecule has 6 nitrogen and oxygen atoms in total. The summed E-state index contributed by atoms with van der Waals surface area (Å²) >= 11 is 3.30. The van der Waals surface area contributed by atoms with Gasteiger partial charge < -0.3 is 4.74 Å². The molecule has 0 unspecified atom stereocenters. The second-order valence-electron chi connectivity index (χ2n) is 4.56. The predicted molar refractivity (Wildman–Crippen MR) is 79.8 cm³/mol. The van der Waals surface area contributed by atoms with Crippen molar-refractivity contribution >= 4 is 39.5 Å². The van der Waals surface area contributed by atoms with Crippen LogP contribution in [-0.2, 0) is 14.3 Å². The number of ether oxygens (including phenoxy) is 1. The van der Waals surface area contributed by atoms with Crippen LogP contribution in [0.1, 0.15) is 12.8 Å². The molecule has 1 aromatic carbocycles. The molecular formula is C14H15BrN2O4. The van der Waals surface area contributed by atoms with Crippen LogP contribution in [0.2, 0.25) is 0 Å². The number of halogens is 1. The third kappa shape index (κ3) is 3.48. The van der Waals surface area contributed by atoms with Gasteiger partial charge in [0, 0.05) is 24.7 Å². The Labute approximate surface area is 130 Å². The molecule has 2 rings (SSSR count). The average Bonchev–Trinajstić information content (AvgIpc) is 2.44. The molecule has 1 aliphatic rings. The van der Waals surface area contributed by atoms with Crippen LogP contribution in [-0.4, -0.2) is 43.0 Å². The summed E-state index contributed by atoms with van der Waals surface area (Å²) in [6.45, 7) is 0.690. The van der Waals surface area contributed by atoms with Crippen LogP contribution < -0.4 is 4.90 Å². The lowest BCUT2D eigenvalue weighted by molar-refractivity contribution is -0.134. The van der Waals surface area contributed by atoms with Crippen molar-refractivity contribution in [3.8, 4) is 0 Å². The lowest BCUT2D eigenvalue weighted by Gasteiger charge is -2.32. The van der Waals surface area contributed by atoms with Crippen LogP contribution in [0, 0.1) is 0 Å². The molecule has 1 fully saturated rings. The zero-order chi connectivity index (χ0) is 15.4. The van der Waals surface area contributed by atoms with E-state index in [9.17, 15) is 14.4 Å². The van der Waals surface area contributed by atoms with E-state index in [1.54, 1.807) is 31.4 Å². The molecule has 0 atom stereocenters. The number of hydrogen-bond donors (Lipinski definition) is 0. The van der Waals surface area contributed by atoms with E-state index < -0.39 is 17.8 Å². The Morgan fingerprint density at radius 2 is 1.81 bits per heavy atom. The lowest BCUT2D eigenvalue weighted by Crippen LogP contribution is -2.55. The second-order valence-corrected chi connectivity index (χ2v) is 5.47. The first-order valence-electron chi connectivity index (χ1n) is 6.46. The molecule has 0 radical (unpaired) electrons. The van der Waals surface area contributed by atoms with Crippen LogP contribution in [0.15, 0.2) is 28.7 Å². The molecule has 1 aliphatic heterocycles. The minimum atomic E-state index is -0.602. The number of carbonyl (C=O) groups excluding carboxylic acids is 3. The molecule has 1 heterocycles. The van der Waals surface area contributed by atoms with Crippen molar-refractivity contribution in [2.75, 3.05) is 25.2 Å². The maximum absolute atomic E-state index is 12.4. The molecule has 0 aliphatic carbocycles. The molecule has 112 valence electrons. The fraction of sp³-hybridized carbons (Fsp3) is 0.357. The number of urea groups is 1. The third-order valence-corrected chi connectivity index (χ3v) is 3.62. The normalized spacial score (nSPS) is 15.8. The van der Waals surface area contributed by atoms with Crippen molar-refractivity contribution in [2.24, 2.45) is 0 Å². The molecule has 0 N–H and O–H groups in total. The Kier molecular flexibility index (Phi) is 5.08. The number of imide groups is 2. The van der Waals surface area contributed by atoms with E-state index in [4.69, 9.17) is 4.74 Å². The summed E-state index contributed by atoms with van der Waals surface area (Å²) < 4.78 is 5.76. The Balaban J connectivity index is 2.20. The number of methoxy groups -OCH3 is 1. The summed E-state index contributed by atoms with van der Waals surface area (Å²) in [6, 6.07) is 6.18. The Morgan fingerprint density at radius 3 is 2.43 bits per heavy atom. The van der Waals surface area contributed by atoms with Crippen LogP contribution in [0.3, 0.4) is 0 Å². The minimum Gasteiger partial charge on any atom is -0.385 e. The van der Waals surface area contributed by atoms with Gasteiger partial charge in [-0.15, -0.1) is 0 Å². The van der Waals surface area contributed by atoms with Crippen molar-refractivity contribution in [2.45, 2.75) is 12.8 Å². The summed E-state index contributed by atoms with van der Waals surface area (Å²) in [5.74, 6) is -0.968.